The molecule has 2 aromatic heterocycles. The molecule has 2 amide bonds. The highest BCUT2D eigenvalue weighted by molar-refractivity contribution is 6.31. The summed E-state index contributed by atoms with van der Waals surface area (Å²) in [5.41, 5.74) is 2.10. The monoisotopic (exact) mass is 509 g/mol. The fourth-order valence-corrected chi connectivity index (χ4v) is 5.15. The normalized spacial score (nSPS) is 14.1. The molecule has 1 aliphatic rings. The van der Waals surface area contributed by atoms with Gasteiger partial charge in [-0.2, -0.15) is 0 Å². The van der Waals surface area contributed by atoms with E-state index in [0.717, 1.165) is 54.8 Å². The van der Waals surface area contributed by atoms with Crippen molar-refractivity contribution in [3.05, 3.63) is 83.0 Å². The minimum absolute atomic E-state index is 0.0107. The van der Waals surface area contributed by atoms with Crippen LogP contribution in [0.1, 0.15) is 73.7 Å². The first-order valence-corrected chi connectivity index (χ1v) is 13.4. The maximum absolute atomic E-state index is 13.8. The largest absolute Gasteiger partial charge is 0.459 e. The number of unbranched alkanes of at least 4 members (excludes halogenated alkanes) is 1. The van der Waals surface area contributed by atoms with Crippen molar-refractivity contribution >= 4 is 23.4 Å². The lowest BCUT2D eigenvalue weighted by Gasteiger charge is -2.36. The van der Waals surface area contributed by atoms with Gasteiger partial charge >= 0.3 is 0 Å². The summed E-state index contributed by atoms with van der Waals surface area (Å²) in [5.74, 6) is 0.0348. The number of nitrogens with zero attached hydrogens (tertiary/aromatic N) is 3. The fourth-order valence-electron chi connectivity index (χ4n) is 4.96. The maximum Gasteiger partial charge on any atom is 0.290 e. The third-order valence-corrected chi connectivity index (χ3v) is 7.39. The van der Waals surface area contributed by atoms with Gasteiger partial charge in [-0.25, -0.2) is 0 Å². The Hall–Kier alpha value is -2.99. The summed E-state index contributed by atoms with van der Waals surface area (Å²) in [6.07, 6.45) is 10.8. The number of rotatable bonds is 11. The Morgan fingerprint density at radius 1 is 1.06 bits per heavy atom. The Morgan fingerprint density at radius 2 is 1.86 bits per heavy atom. The fraction of sp³-hybridized carbons (Fsp3) is 0.448. The zero-order valence-corrected chi connectivity index (χ0v) is 21.8. The molecule has 192 valence electrons. The first-order valence-electron chi connectivity index (χ1n) is 13.1. The van der Waals surface area contributed by atoms with Gasteiger partial charge in [0, 0.05) is 36.0 Å². The predicted molar refractivity (Wildman–Crippen MR) is 142 cm³/mol. The maximum atomic E-state index is 13.8. The van der Waals surface area contributed by atoms with Crippen molar-refractivity contribution in [3.63, 3.8) is 0 Å². The molecule has 1 saturated carbocycles. The molecule has 36 heavy (non-hydrogen) atoms. The molecule has 1 fully saturated rings. The zero-order chi connectivity index (χ0) is 25.3. The van der Waals surface area contributed by atoms with Crippen LogP contribution in [0.4, 0.5) is 0 Å². The predicted octanol–water partition coefficient (Wildman–Crippen LogP) is 6.39. The minimum atomic E-state index is -0.229. The van der Waals surface area contributed by atoms with Gasteiger partial charge in [-0.3, -0.25) is 9.59 Å². The Kier molecular flexibility index (Phi) is 9.29. The number of furan rings is 1. The number of carbonyl (C=O) groups excluding carboxylic acids is 2. The highest BCUT2D eigenvalue weighted by atomic mass is 35.5. The molecule has 0 atom stereocenters. The number of aromatic nitrogens is 1. The second-order valence-corrected chi connectivity index (χ2v) is 10.00. The number of hydrogen-bond acceptors (Lipinski definition) is 3. The van der Waals surface area contributed by atoms with Crippen LogP contribution >= 0.6 is 11.6 Å². The molecule has 3 aromatic rings. The molecule has 0 aliphatic heterocycles. The van der Waals surface area contributed by atoms with Gasteiger partial charge in [0.25, 0.3) is 5.91 Å². The molecule has 0 saturated heterocycles. The van der Waals surface area contributed by atoms with Crippen LogP contribution in [0.25, 0.3) is 0 Å². The van der Waals surface area contributed by atoms with Crippen molar-refractivity contribution in [3.8, 4) is 0 Å². The molecule has 6 nitrogen and oxygen atoms in total. The van der Waals surface area contributed by atoms with Crippen molar-refractivity contribution in [2.75, 3.05) is 13.1 Å². The van der Waals surface area contributed by atoms with Gasteiger partial charge in [0.15, 0.2) is 5.76 Å². The molecule has 1 aromatic carbocycles. The quantitative estimate of drug-likeness (QED) is 0.301. The Bertz CT molecular complexity index is 1120. The average Bonchev–Trinajstić information content (AvgIpc) is 3.59. The van der Waals surface area contributed by atoms with Crippen LogP contribution in [-0.4, -0.2) is 45.3 Å². The third kappa shape index (κ3) is 6.61. The van der Waals surface area contributed by atoms with Crippen LogP contribution in [0, 0.1) is 0 Å². The first-order chi connectivity index (χ1) is 17.6. The molecule has 7 heteroatoms. The Labute approximate surface area is 218 Å². The Balaban J connectivity index is 1.54. The van der Waals surface area contributed by atoms with Crippen molar-refractivity contribution < 1.29 is 14.0 Å². The standard InChI is InChI=1S/C29H36ClN3O3/c1-2-3-17-32(29(35)27-16-10-19-36-27)22-28(34)33(24-12-5-4-6-13-24)21-25-14-9-18-31(25)20-23-11-7-8-15-26(23)30/h7-11,14-16,18-19,24H,2-6,12-13,17,20-22H2,1H3. The van der Waals surface area contributed by atoms with Gasteiger partial charge in [0.1, 0.15) is 6.54 Å². The highest BCUT2D eigenvalue weighted by Gasteiger charge is 2.29. The molecule has 0 spiro atoms. The van der Waals surface area contributed by atoms with E-state index >= 15 is 0 Å². The molecule has 4 rings (SSSR count). The van der Waals surface area contributed by atoms with E-state index in [-0.39, 0.29) is 30.2 Å². The van der Waals surface area contributed by atoms with E-state index in [4.69, 9.17) is 16.0 Å². The second-order valence-electron chi connectivity index (χ2n) is 9.59. The van der Waals surface area contributed by atoms with Crippen molar-refractivity contribution in [2.45, 2.75) is 71.0 Å². The lowest BCUT2D eigenvalue weighted by Crippen LogP contribution is -2.47. The van der Waals surface area contributed by atoms with Gasteiger partial charge in [-0.15, -0.1) is 0 Å². The van der Waals surface area contributed by atoms with Gasteiger partial charge in [0.05, 0.1) is 12.8 Å². The van der Waals surface area contributed by atoms with E-state index < -0.39 is 0 Å². The molecular formula is C29H36ClN3O3. The molecular weight excluding hydrogens is 474 g/mol. The van der Waals surface area contributed by atoms with Crippen molar-refractivity contribution in [2.24, 2.45) is 0 Å². The van der Waals surface area contributed by atoms with E-state index in [1.807, 2.05) is 41.4 Å². The second kappa shape index (κ2) is 12.8. The summed E-state index contributed by atoms with van der Waals surface area (Å²) < 4.78 is 7.51. The summed E-state index contributed by atoms with van der Waals surface area (Å²) in [5, 5.41) is 0.736. The lowest BCUT2D eigenvalue weighted by atomic mass is 9.94. The Morgan fingerprint density at radius 3 is 2.58 bits per heavy atom. The number of halogens is 1. The average molecular weight is 510 g/mol. The summed E-state index contributed by atoms with van der Waals surface area (Å²) in [6.45, 7) is 3.83. The first kappa shape index (κ1) is 26.1. The summed E-state index contributed by atoms with van der Waals surface area (Å²) in [6, 6.07) is 15.5. The van der Waals surface area contributed by atoms with Crippen LogP contribution < -0.4 is 0 Å². The van der Waals surface area contributed by atoms with Crippen LogP contribution in [0.15, 0.2) is 65.4 Å². The number of amides is 2. The van der Waals surface area contributed by atoms with Gasteiger partial charge < -0.3 is 18.8 Å². The molecule has 1 aliphatic carbocycles. The smallest absolute Gasteiger partial charge is 0.290 e. The zero-order valence-electron chi connectivity index (χ0n) is 21.1. The van der Waals surface area contributed by atoms with Crippen molar-refractivity contribution in [1.29, 1.82) is 0 Å². The highest BCUT2D eigenvalue weighted by Crippen LogP contribution is 2.26. The molecule has 0 unspecified atom stereocenters. The van der Waals surface area contributed by atoms with Crippen molar-refractivity contribution in [1.82, 2.24) is 14.4 Å². The molecule has 0 N–H and O–H groups in total. The number of benzene rings is 1. The van der Waals surface area contributed by atoms with Crippen LogP contribution in [0.3, 0.4) is 0 Å². The van der Waals surface area contributed by atoms with Gasteiger partial charge in [-0.05, 0) is 55.2 Å². The van der Waals surface area contributed by atoms with E-state index in [2.05, 4.69) is 17.6 Å². The van der Waals surface area contributed by atoms with Gasteiger partial charge in [-0.1, -0.05) is 62.4 Å². The molecule has 0 radical (unpaired) electrons. The lowest BCUT2D eigenvalue weighted by molar-refractivity contribution is -0.135. The topological polar surface area (TPSA) is 58.7 Å². The third-order valence-electron chi connectivity index (χ3n) is 7.02. The van der Waals surface area contributed by atoms with Gasteiger partial charge in [0.2, 0.25) is 5.91 Å². The van der Waals surface area contributed by atoms with Crippen LogP contribution in [0.5, 0.6) is 0 Å². The SMILES string of the molecule is CCCCN(CC(=O)N(Cc1cccn1Cc1ccccc1Cl)C1CCCCC1)C(=O)c1ccco1. The van der Waals surface area contributed by atoms with E-state index in [1.54, 1.807) is 17.0 Å². The van der Waals surface area contributed by atoms with E-state index in [1.165, 1.54) is 12.7 Å². The molecule has 0 bridgehead atoms. The van der Waals surface area contributed by atoms with Crippen LogP contribution in [0.2, 0.25) is 5.02 Å². The number of carbonyl (C=O) groups is 2. The number of hydrogen-bond donors (Lipinski definition) is 0. The van der Waals surface area contributed by atoms with E-state index in [9.17, 15) is 9.59 Å². The van der Waals surface area contributed by atoms with E-state index in [0.29, 0.717) is 19.6 Å². The summed E-state index contributed by atoms with van der Waals surface area (Å²) >= 11 is 6.42. The summed E-state index contributed by atoms with van der Waals surface area (Å²) in [4.78, 5) is 30.6. The summed E-state index contributed by atoms with van der Waals surface area (Å²) in [7, 11) is 0. The molecule has 2 heterocycles. The van der Waals surface area contributed by atoms with Crippen LogP contribution in [-0.2, 0) is 17.9 Å². The minimum Gasteiger partial charge on any atom is -0.459 e.